The van der Waals surface area contributed by atoms with Gasteiger partial charge in [-0.2, -0.15) is 0 Å². The van der Waals surface area contributed by atoms with E-state index in [0.717, 1.165) is 12.4 Å². The van der Waals surface area contributed by atoms with Crippen molar-refractivity contribution in [3.8, 4) is 0 Å². The van der Waals surface area contributed by atoms with Gasteiger partial charge in [0.05, 0.1) is 0 Å². The van der Waals surface area contributed by atoms with Crippen molar-refractivity contribution in [1.29, 1.82) is 0 Å². The molecule has 3 heteroatoms. The van der Waals surface area contributed by atoms with Crippen LogP contribution in [0.5, 0.6) is 0 Å². The van der Waals surface area contributed by atoms with E-state index in [1.54, 1.807) is 0 Å². The molecular weight excluding hydrogens is 246 g/mol. The fourth-order valence-electron chi connectivity index (χ4n) is 2.20. The van der Waals surface area contributed by atoms with Crippen LogP contribution in [-0.2, 0) is 6.54 Å². The highest BCUT2D eigenvalue weighted by Gasteiger charge is 2.14. The number of aromatic nitrogens is 1. The quantitative estimate of drug-likeness (QED) is 0.856. The van der Waals surface area contributed by atoms with E-state index in [0.29, 0.717) is 12.0 Å². The average Bonchev–Trinajstić information content (AvgIpc) is 2.34. The molecule has 0 aromatic carbocycles. The van der Waals surface area contributed by atoms with E-state index in [1.807, 2.05) is 6.20 Å². The van der Waals surface area contributed by atoms with Crippen LogP contribution < -0.4 is 10.2 Å². The van der Waals surface area contributed by atoms with Crippen molar-refractivity contribution in [3.05, 3.63) is 23.9 Å². The molecule has 1 aromatic heterocycles. The second-order valence-electron chi connectivity index (χ2n) is 7.22. The molecule has 1 aromatic rings. The lowest BCUT2D eigenvalue weighted by molar-refractivity contribution is 0.424. The van der Waals surface area contributed by atoms with E-state index >= 15 is 0 Å². The van der Waals surface area contributed by atoms with E-state index in [4.69, 9.17) is 0 Å². The first-order chi connectivity index (χ1) is 9.19. The molecule has 0 radical (unpaired) electrons. The zero-order valence-corrected chi connectivity index (χ0v) is 14.2. The molecule has 0 aliphatic heterocycles. The van der Waals surface area contributed by atoms with Gasteiger partial charge in [-0.15, -0.1) is 0 Å². The van der Waals surface area contributed by atoms with E-state index < -0.39 is 0 Å². The molecule has 0 saturated carbocycles. The first-order valence-electron chi connectivity index (χ1n) is 7.62. The summed E-state index contributed by atoms with van der Waals surface area (Å²) in [5, 5.41) is 3.52. The lowest BCUT2D eigenvalue weighted by atomic mass is 10.0. The Morgan fingerprint density at radius 2 is 1.90 bits per heavy atom. The third kappa shape index (κ3) is 5.91. The molecule has 1 atom stereocenters. The Balaban J connectivity index is 2.72. The molecule has 0 fully saturated rings. The highest BCUT2D eigenvalue weighted by Crippen LogP contribution is 2.18. The maximum Gasteiger partial charge on any atom is 0.128 e. The second kappa shape index (κ2) is 7.07. The van der Waals surface area contributed by atoms with Crippen LogP contribution >= 0.6 is 0 Å². The molecule has 1 unspecified atom stereocenters. The molecule has 0 spiro atoms. The highest BCUT2D eigenvalue weighted by atomic mass is 15.2. The fraction of sp³-hybridized carbons (Fsp3) is 0.706. The van der Waals surface area contributed by atoms with Crippen LogP contribution in [0.2, 0.25) is 0 Å². The summed E-state index contributed by atoms with van der Waals surface area (Å²) in [6, 6.07) is 4.78. The van der Waals surface area contributed by atoms with E-state index in [2.05, 4.69) is 75.9 Å². The van der Waals surface area contributed by atoms with Crippen molar-refractivity contribution in [2.75, 3.05) is 11.9 Å². The van der Waals surface area contributed by atoms with Crippen LogP contribution in [-0.4, -0.2) is 23.6 Å². The fourth-order valence-corrected chi connectivity index (χ4v) is 2.20. The zero-order valence-electron chi connectivity index (χ0n) is 14.2. The third-order valence-corrected chi connectivity index (χ3v) is 3.47. The van der Waals surface area contributed by atoms with Gasteiger partial charge in [-0.3, -0.25) is 0 Å². The number of pyridine rings is 1. The Morgan fingerprint density at radius 1 is 1.25 bits per heavy atom. The monoisotopic (exact) mass is 277 g/mol. The van der Waals surface area contributed by atoms with Gasteiger partial charge in [-0.05, 0) is 57.7 Å². The first-order valence-corrected chi connectivity index (χ1v) is 7.62. The molecule has 20 heavy (non-hydrogen) atoms. The number of hydrogen-bond acceptors (Lipinski definition) is 3. The normalized spacial score (nSPS) is 13.6. The predicted octanol–water partition coefficient (Wildman–Crippen LogP) is 3.84. The van der Waals surface area contributed by atoms with Crippen molar-refractivity contribution < 1.29 is 0 Å². The zero-order chi connectivity index (χ0) is 15.3. The minimum Gasteiger partial charge on any atom is -0.357 e. The average molecular weight is 277 g/mol. The third-order valence-electron chi connectivity index (χ3n) is 3.47. The summed E-state index contributed by atoms with van der Waals surface area (Å²) in [5.41, 5.74) is 1.42. The molecule has 3 nitrogen and oxygen atoms in total. The molecule has 0 aliphatic carbocycles. The predicted molar refractivity (Wildman–Crippen MR) is 88.1 cm³/mol. The Labute approximate surface area is 124 Å². The summed E-state index contributed by atoms with van der Waals surface area (Å²) in [4.78, 5) is 6.79. The summed E-state index contributed by atoms with van der Waals surface area (Å²) in [5.74, 6) is 1.77. The molecule has 0 aliphatic rings. The number of hydrogen-bond donors (Lipinski definition) is 1. The van der Waals surface area contributed by atoms with Gasteiger partial charge >= 0.3 is 0 Å². The maximum atomic E-state index is 4.51. The molecule has 0 bridgehead atoms. The Hall–Kier alpha value is -1.09. The van der Waals surface area contributed by atoms with E-state index in [1.165, 1.54) is 12.0 Å². The SMILES string of the molecule is CC(C)CC(C)N(C)c1cc(CNC(C)(C)C)ccn1. The molecular formula is C17H31N3. The van der Waals surface area contributed by atoms with Gasteiger partial charge in [-0.25, -0.2) is 4.98 Å². The maximum absolute atomic E-state index is 4.51. The van der Waals surface area contributed by atoms with Crippen LogP contribution in [0.15, 0.2) is 18.3 Å². The second-order valence-corrected chi connectivity index (χ2v) is 7.22. The van der Waals surface area contributed by atoms with Crippen molar-refractivity contribution in [1.82, 2.24) is 10.3 Å². The Morgan fingerprint density at radius 3 is 2.45 bits per heavy atom. The molecule has 1 rings (SSSR count). The molecule has 114 valence electrons. The van der Waals surface area contributed by atoms with Gasteiger partial charge < -0.3 is 10.2 Å². The van der Waals surface area contributed by atoms with Crippen LogP contribution in [0.1, 0.15) is 53.5 Å². The molecule has 0 saturated heterocycles. The Kier molecular flexibility index (Phi) is 6.00. The molecule has 0 amide bonds. The number of anilines is 1. The van der Waals surface area contributed by atoms with Gasteiger partial charge in [0.15, 0.2) is 0 Å². The van der Waals surface area contributed by atoms with Crippen molar-refractivity contribution >= 4 is 5.82 Å². The standard InChI is InChI=1S/C17H31N3/c1-13(2)10-14(3)20(7)16-11-15(8-9-18-16)12-19-17(4,5)6/h8-9,11,13-14,19H,10,12H2,1-7H3. The Bertz CT molecular complexity index is 407. The van der Waals surface area contributed by atoms with Gasteiger partial charge in [-0.1, -0.05) is 13.8 Å². The summed E-state index contributed by atoms with van der Waals surface area (Å²) >= 11 is 0. The van der Waals surface area contributed by atoms with Crippen molar-refractivity contribution in [2.45, 2.75) is 66.1 Å². The summed E-state index contributed by atoms with van der Waals surface area (Å²) in [7, 11) is 2.14. The van der Waals surface area contributed by atoms with Crippen LogP contribution in [0.4, 0.5) is 5.82 Å². The van der Waals surface area contributed by atoms with Crippen LogP contribution in [0.3, 0.4) is 0 Å². The molecule has 1 N–H and O–H groups in total. The van der Waals surface area contributed by atoms with Gasteiger partial charge in [0.25, 0.3) is 0 Å². The first kappa shape index (κ1) is 17.0. The largest absolute Gasteiger partial charge is 0.357 e. The number of nitrogens with one attached hydrogen (secondary N) is 1. The molecule has 1 heterocycles. The lowest BCUT2D eigenvalue weighted by Gasteiger charge is -2.28. The summed E-state index contributed by atoms with van der Waals surface area (Å²) in [6.07, 6.45) is 3.09. The minimum atomic E-state index is 0.139. The van der Waals surface area contributed by atoms with Gasteiger partial charge in [0.1, 0.15) is 5.82 Å². The lowest BCUT2D eigenvalue weighted by Crippen LogP contribution is -2.35. The van der Waals surface area contributed by atoms with Crippen LogP contribution in [0, 0.1) is 5.92 Å². The van der Waals surface area contributed by atoms with Crippen molar-refractivity contribution in [2.24, 2.45) is 5.92 Å². The van der Waals surface area contributed by atoms with E-state index in [-0.39, 0.29) is 5.54 Å². The minimum absolute atomic E-state index is 0.139. The summed E-state index contributed by atoms with van der Waals surface area (Å²) in [6.45, 7) is 14.2. The highest BCUT2D eigenvalue weighted by molar-refractivity contribution is 5.41. The van der Waals surface area contributed by atoms with Crippen LogP contribution in [0.25, 0.3) is 0 Å². The number of nitrogens with zero attached hydrogens (tertiary/aromatic N) is 2. The van der Waals surface area contributed by atoms with E-state index in [9.17, 15) is 0 Å². The topological polar surface area (TPSA) is 28.2 Å². The van der Waals surface area contributed by atoms with Gasteiger partial charge in [0, 0.05) is 31.4 Å². The van der Waals surface area contributed by atoms with Crippen molar-refractivity contribution in [3.63, 3.8) is 0 Å². The van der Waals surface area contributed by atoms with Gasteiger partial charge in [0.2, 0.25) is 0 Å². The number of rotatable bonds is 6. The smallest absolute Gasteiger partial charge is 0.128 e. The summed E-state index contributed by atoms with van der Waals surface area (Å²) < 4.78 is 0.